The summed E-state index contributed by atoms with van der Waals surface area (Å²) in [7, 11) is 0. The largest absolute Gasteiger partial charge is 0.354 e. The second-order valence-corrected chi connectivity index (χ2v) is 6.21. The lowest BCUT2D eigenvalue weighted by Gasteiger charge is -2.40. The number of hydrogen-bond donors (Lipinski definition) is 0. The van der Waals surface area contributed by atoms with Gasteiger partial charge in [0.2, 0.25) is 0 Å². The monoisotopic (exact) mass is 297 g/mol. The van der Waals surface area contributed by atoms with E-state index in [0.29, 0.717) is 16.9 Å². The van der Waals surface area contributed by atoms with Crippen LogP contribution in [0.1, 0.15) is 32.1 Å². The lowest BCUT2D eigenvalue weighted by atomic mass is 10.00. The molecule has 2 saturated heterocycles. The van der Waals surface area contributed by atoms with Crippen LogP contribution in [0.4, 0.5) is 10.2 Å². The maximum atomic E-state index is 13.9. The molecule has 3 heterocycles. The minimum atomic E-state index is -0.311. The van der Waals surface area contributed by atoms with Crippen molar-refractivity contribution in [3.05, 3.63) is 23.1 Å². The Kier molecular flexibility index (Phi) is 4.41. The van der Waals surface area contributed by atoms with Crippen LogP contribution in [-0.4, -0.2) is 42.1 Å². The van der Waals surface area contributed by atoms with Gasteiger partial charge in [-0.15, -0.1) is 0 Å². The highest BCUT2D eigenvalue weighted by Gasteiger charge is 2.27. The quantitative estimate of drug-likeness (QED) is 0.835. The fraction of sp³-hybridized carbons (Fsp3) is 0.667. The second kappa shape index (κ2) is 6.27. The van der Waals surface area contributed by atoms with Crippen molar-refractivity contribution >= 4 is 17.4 Å². The number of nitrogens with zero attached hydrogens (tertiary/aromatic N) is 3. The van der Waals surface area contributed by atoms with E-state index in [4.69, 9.17) is 11.6 Å². The molecule has 1 aromatic heterocycles. The molecule has 0 bridgehead atoms. The molecule has 3 nitrogen and oxygen atoms in total. The minimum absolute atomic E-state index is 0.311. The van der Waals surface area contributed by atoms with Gasteiger partial charge in [-0.25, -0.2) is 9.37 Å². The van der Waals surface area contributed by atoms with Crippen LogP contribution in [0.15, 0.2) is 12.3 Å². The highest BCUT2D eigenvalue weighted by atomic mass is 35.5. The van der Waals surface area contributed by atoms with Crippen LogP contribution < -0.4 is 4.90 Å². The Bertz CT molecular complexity index is 454. The first-order valence-corrected chi connectivity index (χ1v) is 7.92. The molecule has 0 aromatic carbocycles. The Morgan fingerprint density at radius 2 is 1.80 bits per heavy atom. The van der Waals surface area contributed by atoms with Crippen molar-refractivity contribution in [2.75, 3.05) is 31.1 Å². The smallest absolute Gasteiger partial charge is 0.167 e. The highest BCUT2D eigenvalue weighted by Crippen LogP contribution is 2.26. The number of aromatic nitrogens is 1. The molecule has 20 heavy (non-hydrogen) atoms. The van der Waals surface area contributed by atoms with Crippen molar-refractivity contribution in [3.63, 3.8) is 0 Å². The van der Waals surface area contributed by atoms with Crippen LogP contribution in [0.2, 0.25) is 5.02 Å². The van der Waals surface area contributed by atoms with E-state index in [0.717, 1.165) is 25.9 Å². The van der Waals surface area contributed by atoms with E-state index in [-0.39, 0.29) is 5.82 Å². The van der Waals surface area contributed by atoms with Crippen LogP contribution in [0.25, 0.3) is 0 Å². The molecule has 2 aliphatic heterocycles. The van der Waals surface area contributed by atoms with Crippen molar-refractivity contribution in [2.24, 2.45) is 0 Å². The summed E-state index contributed by atoms with van der Waals surface area (Å²) in [5, 5.41) is 0.356. The maximum Gasteiger partial charge on any atom is 0.167 e. The molecule has 0 amide bonds. The fourth-order valence-electron chi connectivity index (χ4n) is 3.37. The third-order valence-electron chi connectivity index (χ3n) is 4.46. The zero-order chi connectivity index (χ0) is 13.9. The molecule has 0 aliphatic carbocycles. The average Bonchev–Trinajstić information content (AvgIpc) is 2.48. The summed E-state index contributed by atoms with van der Waals surface area (Å²) in [4.78, 5) is 8.81. The van der Waals surface area contributed by atoms with Crippen molar-refractivity contribution in [1.82, 2.24) is 9.88 Å². The van der Waals surface area contributed by atoms with Gasteiger partial charge in [-0.3, -0.25) is 0 Å². The summed E-state index contributed by atoms with van der Waals surface area (Å²) in [6, 6.07) is 2.02. The normalized spacial score (nSPS) is 22.2. The predicted octanol–water partition coefficient (Wildman–Crippen LogP) is 3.33. The van der Waals surface area contributed by atoms with Crippen LogP contribution in [0.3, 0.4) is 0 Å². The number of hydrogen-bond acceptors (Lipinski definition) is 3. The van der Waals surface area contributed by atoms with Gasteiger partial charge in [-0.1, -0.05) is 18.0 Å². The van der Waals surface area contributed by atoms with E-state index in [1.165, 1.54) is 44.6 Å². The highest BCUT2D eigenvalue weighted by molar-refractivity contribution is 6.30. The summed E-state index contributed by atoms with van der Waals surface area (Å²) in [6.07, 6.45) is 7.75. The lowest BCUT2D eigenvalue weighted by Crippen LogP contribution is -2.47. The third-order valence-corrected chi connectivity index (χ3v) is 4.67. The fourth-order valence-corrected chi connectivity index (χ4v) is 3.51. The maximum absolute atomic E-state index is 13.9. The second-order valence-electron chi connectivity index (χ2n) is 5.77. The van der Waals surface area contributed by atoms with E-state index >= 15 is 0 Å². The molecular formula is C15H21ClFN3. The van der Waals surface area contributed by atoms with E-state index in [2.05, 4.69) is 9.88 Å². The number of likely N-dealkylation sites (tertiary alicyclic amines) is 1. The number of rotatable bonds is 2. The standard InChI is InChI=1S/C15H21ClFN3/c16-12-10-14(17)15(18-11-12)20-8-4-13(5-9-20)19-6-2-1-3-7-19/h10-11,13H,1-9H2. The minimum Gasteiger partial charge on any atom is -0.354 e. The van der Waals surface area contributed by atoms with Crippen LogP contribution in [-0.2, 0) is 0 Å². The van der Waals surface area contributed by atoms with E-state index in [1.807, 2.05) is 4.90 Å². The van der Waals surface area contributed by atoms with E-state index in [9.17, 15) is 4.39 Å². The predicted molar refractivity (Wildman–Crippen MR) is 79.9 cm³/mol. The summed E-state index contributed by atoms with van der Waals surface area (Å²) in [5.74, 6) is 0.139. The zero-order valence-corrected chi connectivity index (χ0v) is 12.4. The van der Waals surface area contributed by atoms with Gasteiger partial charge < -0.3 is 9.80 Å². The van der Waals surface area contributed by atoms with Crippen molar-refractivity contribution < 1.29 is 4.39 Å². The summed E-state index contributed by atoms with van der Waals surface area (Å²) < 4.78 is 13.9. The molecule has 0 atom stereocenters. The Balaban J connectivity index is 1.60. The molecule has 3 rings (SSSR count). The SMILES string of the molecule is Fc1cc(Cl)cnc1N1CCC(N2CCCCC2)CC1. The molecule has 110 valence electrons. The lowest BCUT2D eigenvalue weighted by molar-refractivity contribution is 0.141. The van der Waals surface area contributed by atoms with E-state index in [1.54, 1.807) is 0 Å². The molecule has 0 saturated carbocycles. The van der Waals surface area contributed by atoms with Gasteiger partial charge in [0.15, 0.2) is 11.6 Å². The molecule has 5 heteroatoms. The average molecular weight is 298 g/mol. The molecule has 0 spiro atoms. The van der Waals surface area contributed by atoms with Gasteiger partial charge in [-0.05, 0) is 44.8 Å². The first kappa shape index (κ1) is 14.1. The Hall–Kier alpha value is -0.870. The van der Waals surface area contributed by atoms with Gasteiger partial charge in [0, 0.05) is 25.3 Å². The molecule has 0 radical (unpaired) electrons. The Morgan fingerprint density at radius 1 is 1.10 bits per heavy atom. The molecule has 0 N–H and O–H groups in total. The molecule has 0 unspecified atom stereocenters. The molecule has 2 fully saturated rings. The van der Waals surface area contributed by atoms with Crippen molar-refractivity contribution in [3.8, 4) is 0 Å². The van der Waals surface area contributed by atoms with Gasteiger partial charge >= 0.3 is 0 Å². The van der Waals surface area contributed by atoms with Crippen LogP contribution >= 0.6 is 11.6 Å². The van der Waals surface area contributed by atoms with Crippen LogP contribution in [0.5, 0.6) is 0 Å². The topological polar surface area (TPSA) is 19.4 Å². The molecular weight excluding hydrogens is 277 g/mol. The number of halogens is 2. The zero-order valence-electron chi connectivity index (χ0n) is 11.7. The number of piperidine rings is 2. The summed E-state index contributed by atoms with van der Waals surface area (Å²) in [5.41, 5.74) is 0. The van der Waals surface area contributed by atoms with Gasteiger partial charge in [-0.2, -0.15) is 0 Å². The third kappa shape index (κ3) is 3.07. The van der Waals surface area contributed by atoms with Crippen molar-refractivity contribution in [2.45, 2.75) is 38.1 Å². The van der Waals surface area contributed by atoms with Gasteiger partial charge in [0.05, 0.1) is 5.02 Å². The van der Waals surface area contributed by atoms with Crippen molar-refractivity contribution in [1.29, 1.82) is 0 Å². The first-order chi connectivity index (χ1) is 9.74. The molecule has 2 aliphatic rings. The Morgan fingerprint density at radius 3 is 2.45 bits per heavy atom. The van der Waals surface area contributed by atoms with Gasteiger partial charge in [0.1, 0.15) is 0 Å². The Labute approximate surface area is 124 Å². The first-order valence-electron chi connectivity index (χ1n) is 7.54. The van der Waals surface area contributed by atoms with E-state index < -0.39 is 0 Å². The van der Waals surface area contributed by atoms with Gasteiger partial charge in [0.25, 0.3) is 0 Å². The molecule has 1 aromatic rings. The number of pyridine rings is 1. The van der Waals surface area contributed by atoms with Crippen LogP contribution in [0, 0.1) is 5.82 Å². The number of anilines is 1. The summed E-state index contributed by atoms with van der Waals surface area (Å²) >= 11 is 5.75. The summed E-state index contributed by atoms with van der Waals surface area (Å²) in [6.45, 7) is 4.23.